The molecule has 2 aromatic carbocycles. The van der Waals surface area contributed by atoms with E-state index in [9.17, 15) is 4.79 Å². The number of anilines is 2. The SMILES string of the molecule is CC(c1c(Cl)cccc1Cl)c1cc(=O)[nH]c2nc(Nc3ccccc3)ncc12. The molecule has 0 amide bonds. The maximum absolute atomic E-state index is 12.3. The van der Waals surface area contributed by atoms with Crippen molar-refractivity contribution < 1.29 is 0 Å². The van der Waals surface area contributed by atoms with E-state index < -0.39 is 0 Å². The average Bonchev–Trinajstić information content (AvgIpc) is 2.67. The van der Waals surface area contributed by atoms with Gasteiger partial charge in [0.25, 0.3) is 0 Å². The van der Waals surface area contributed by atoms with Crippen molar-refractivity contribution in [3.8, 4) is 0 Å². The highest BCUT2D eigenvalue weighted by molar-refractivity contribution is 6.36. The molecule has 0 fully saturated rings. The van der Waals surface area contributed by atoms with Crippen molar-refractivity contribution in [2.75, 3.05) is 5.32 Å². The molecule has 0 saturated carbocycles. The Balaban J connectivity index is 1.80. The van der Waals surface area contributed by atoms with Crippen molar-refractivity contribution in [2.24, 2.45) is 0 Å². The largest absolute Gasteiger partial charge is 0.324 e. The lowest BCUT2D eigenvalue weighted by molar-refractivity contribution is 0.924. The summed E-state index contributed by atoms with van der Waals surface area (Å²) in [6.45, 7) is 1.96. The van der Waals surface area contributed by atoms with Gasteiger partial charge >= 0.3 is 0 Å². The molecule has 1 atom stereocenters. The third-order valence-corrected chi connectivity index (χ3v) is 5.22. The summed E-state index contributed by atoms with van der Waals surface area (Å²) in [7, 11) is 0. The Morgan fingerprint density at radius 1 is 1.04 bits per heavy atom. The van der Waals surface area contributed by atoms with Crippen LogP contribution in [0.5, 0.6) is 0 Å². The molecule has 140 valence electrons. The van der Waals surface area contributed by atoms with Crippen LogP contribution in [0.2, 0.25) is 10.0 Å². The number of H-pyrrole nitrogens is 1. The van der Waals surface area contributed by atoms with Crippen LogP contribution in [0.1, 0.15) is 24.0 Å². The van der Waals surface area contributed by atoms with E-state index in [2.05, 4.69) is 20.3 Å². The molecule has 5 nitrogen and oxygen atoms in total. The quantitative estimate of drug-likeness (QED) is 0.464. The van der Waals surface area contributed by atoms with Crippen LogP contribution in [-0.4, -0.2) is 15.0 Å². The van der Waals surface area contributed by atoms with E-state index in [-0.39, 0.29) is 11.5 Å². The Morgan fingerprint density at radius 3 is 2.46 bits per heavy atom. The number of benzene rings is 2. The van der Waals surface area contributed by atoms with E-state index in [1.54, 1.807) is 30.5 Å². The Kier molecular flexibility index (Phi) is 5.03. The van der Waals surface area contributed by atoms with Crippen molar-refractivity contribution in [1.29, 1.82) is 0 Å². The molecule has 2 heterocycles. The maximum atomic E-state index is 12.3. The van der Waals surface area contributed by atoms with Gasteiger partial charge in [0.05, 0.1) is 0 Å². The zero-order valence-electron chi connectivity index (χ0n) is 14.9. The Hall–Kier alpha value is -2.89. The molecule has 0 aliphatic rings. The molecule has 2 aromatic heterocycles. The molecule has 0 radical (unpaired) electrons. The number of rotatable bonds is 4. The molecule has 0 bridgehead atoms. The summed E-state index contributed by atoms with van der Waals surface area (Å²) in [5.74, 6) is 0.192. The van der Waals surface area contributed by atoms with Gasteiger partial charge in [0, 0.05) is 39.3 Å². The molecule has 7 heteroatoms. The number of hydrogen-bond donors (Lipinski definition) is 2. The number of aromatic amines is 1. The first-order valence-electron chi connectivity index (χ1n) is 8.69. The normalized spacial score (nSPS) is 12.1. The lowest BCUT2D eigenvalue weighted by Gasteiger charge is -2.17. The molecule has 2 N–H and O–H groups in total. The van der Waals surface area contributed by atoms with Gasteiger partial charge < -0.3 is 10.3 Å². The van der Waals surface area contributed by atoms with Crippen molar-refractivity contribution in [2.45, 2.75) is 12.8 Å². The summed E-state index contributed by atoms with van der Waals surface area (Å²) in [4.78, 5) is 23.9. The van der Waals surface area contributed by atoms with E-state index in [4.69, 9.17) is 23.2 Å². The number of hydrogen-bond acceptors (Lipinski definition) is 4. The standard InChI is InChI=1S/C21H16Cl2N4O/c1-12(19-16(22)8-5-9-17(19)23)14-10-18(28)26-20-15(14)11-24-21(27-20)25-13-6-3-2-4-7-13/h2-12H,1H3,(H2,24,25,26,27,28). The van der Waals surface area contributed by atoms with Crippen molar-refractivity contribution >= 4 is 45.9 Å². The first-order chi connectivity index (χ1) is 13.5. The van der Waals surface area contributed by atoms with Crippen molar-refractivity contribution in [3.63, 3.8) is 0 Å². The predicted molar refractivity (Wildman–Crippen MR) is 114 cm³/mol. The van der Waals surface area contributed by atoms with E-state index in [1.165, 1.54) is 0 Å². The Morgan fingerprint density at radius 2 is 1.75 bits per heavy atom. The maximum Gasteiger partial charge on any atom is 0.249 e. The van der Waals surface area contributed by atoms with Gasteiger partial charge in [-0.2, -0.15) is 4.98 Å². The minimum Gasteiger partial charge on any atom is -0.324 e. The summed E-state index contributed by atoms with van der Waals surface area (Å²) < 4.78 is 0. The molecular weight excluding hydrogens is 395 g/mol. The van der Waals surface area contributed by atoms with E-state index in [1.807, 2.05) is 37.3 Å². The van der Waals surface area contributed by atoms with Gasteiger partial charge in [0.15, 0.2) is 0 Å². The fourth-order valence-corrected chi connectivity index (χ4v) is 3.93. The smallest absolute Gasteiger partial charge is 0.249 e. The fourth-order valence-electron chi connectivity index (χ4n) is 3.21. The fraction of sp³-hybridized carbons (Fsp3) is 0.0952. The summed E-state index contributed by atoms with van der Waals surface area (Å²) in [5.41, 5.74) is 2.59. The second-order valence-electron chi connectivity index (χ2n) is 6.39. The van der Waals surface area contributed by atoms with Gasteiger partial charge in [-0.15, -0.1) is 0 Å². The number of pyridine rings is 1. The molecule has 0 aliphatic carbocycles. The highest BCUT2D eigenvalue weighted by atomic mass is 35.5. The van der Waals surface area contributed by atoms with Gasteiger partial charge in [-0.1, -0.05) is 54.4 Å². The summed E-state index contributed by atoms with van der Waals surface area (Å²) in [6, 6.07) is 16.5. The molecule has 0 aliphatic heterocycles. The van der Waals surface area contributed by atoms with Crippen LogP contribution in [0.4, 0.5) is 11.6 Å². The highest BCUT2D eigenvalue weighted by Crippen LogP contribution is 2.37. The zero-order valence-corrected chi connectivity index (χ0v) is 16.4. The van der Waals surface area contributed by atoms with Crippen LogP contribution in [0.3, 0.4) is 0 Å². The van der Waals surface area contributed by atoms with Crippen LogP contribution < -0.4 is 10.9 Å². The predicted octanol–water partition coefficient (Wildman–Crippen LogP) is 5.52. The van der Waals surface area contributed by atoms with Gasteiger partial charge in [0.1, 0.15) is 5.65 Å². The second kappa shape index (κ2) is 7.62. The Labute approximate surface area is 171 Å². The van der Waals surface area contributed by atoms with Crippen LogP contribution >= 0.6 is 23.2 Å². The Bertz CT molecular complexity index is 1190. The lowest BCUT2D eigenvalue weighted by Crippen LogP contribution is -2.11. The second-order valence-corrected chi connectivity index (χ2v) is 7.21. The minimum absolute atomic E-state index is 0.206. The molecule has 4 rings (SSSR count). The third-order valence-electron chi connectivity index (χ3n) is 4.56. The highest BCUT2D eigenvalue weighted by Gasteiger charge is 2.19. The minimum atomic E-state index is -0.248. The number of aromatic nitrogens is 3. The van der Waals surface area contributed by atoms with Crippen molar-refractivity contribution in [1.82, 2.24) is 15.0 Å². The van der Waals surface area contributed by atoms with Gasteiger partial charge in [0.2, 0.25) is 11.5 Å². The van der Waals surface area contributed by atoms with E-state index in [0.717, 1.165) is 22.2 Å². The third kappa shape index (κ3) is 3.59. The summed E-state index contributed by atoms with van der Waals surface area (Å²) >= 11 is 12.7. The van der Waals surface area contributed by atoms with Crippen LogP contribution in [0.25, 0.3) is 11.0 Å². The first kappa shape index (κ1) is 18.5. The van der Waals surface area contributed by atoms with E-state index >= 15 is 0 Å². The molecule has 1 unspecified atom stereocenters. The average molecular weight is 411 g/mol. The van der Waals surface area contributed by atoms with Gasteiger partial charge in [-0.05, 0) is 35.4 Å². The number of nitrogens with zero attached hydrogens (tertiary/aromatic N) is 2. The van der Waals surface area contributed by atoms with Crippen LogP contribution in [0.15, 0.2) is 65.6 Å². The topological polar surface area (TPSA) is 70.7 Å². The molecule has 0 spiro atoms. The molecule has 0 saturated heterocycles. The van der Waals surface area contributed by atoms with Crippen LogP contribution in [-0.2, 0) is 0 Å². The molecule has 4 aromatic rings. The number of para-hydroxylation sites is 1. The monoisotopic (exact) mass is 410 g/mol. The lowest BCUT2D eigenvalue weighted by atomic mass is 9.91. The first-order valence-corrected chi connectivity index (χ1v) is 9.44. The summed E-state index contributed by atoms with van der Waals surface area (Å²) in [5, 5.41) is 4.97. The van der Waals surface area contributed by atoms with Gasteiger partial charge in [-0.25, -0.2) is 4.98 Å². The number of halogens is 2. The number of fused-ring (bicyclic) bond motifs is 1. The molecular formula is C21H16Cl2N4O. The molecule has 28 heavy (non-hydrogen) atoms. The van der Waals surface area contributed by atoms with Gasteiger partial charge in [-0.3, -0.25) is 4.79 Å². The zero-order chi connectivity index (χ0) is 19.7. The number of nitrogens with one attached hydrogen (secondary N) is 2. The van der Waals surface area contributed by atoms with Crippen LogP contribution in [0, 0.1) is 0 Å². The van der Waals surface area contributed by atoms with Crippen molar-refractivity contribution in [3.05, 3.63) is 92.3 Å². The van der Waals surface area contributed by atoms with E-state index in [0.29, 0.717) is 21.6 Å². The summed E-state index contributed by atoms with van der Waals surface area (Å²) in [6.07, 6.45) is 1.69.